The molecule has 0 N–H and O–H groups in total. The summed E-state index contributed by atoms with van der Waals surface area (Å²) in [7, 11) is 5.33. The van der Waals surface area contributed by atoms with E-state index in [0.717, 1.165) is 37.7 Å². The van der Waals surface area contributed by atoms with E-state index in [1.807, 2.05) is 25.9 Å². The van der Waals surface area contributed by atoms with Gasteiger partial charge < -0.3 is 14.4 Å². The first kappa shape index (κ1) is 24.0. The fourth-order valence-electron chi connectivity index (χ4n) is 6.91. The van der Waals surface area contributed by atoms with Gasteiger partial charge in [-0.2, -0.15) is 0 Å². The van der Waals surface area contributed by atoms with Crippen LogP contribution in [0.3, 0.4) is 0 Å². The summed E-state index contributed by atoms with van der Waals surface area (Å²) in [5.41, 5.74) is 0.363. The molecule has 6 nitrogen and oxygen atoms in total. The van der Waals surface area contributed by atoms with Gasteiger partial charge in [-0.05, 0) is 69.9 Å². The molecule has 0 aliphatic heterocycles. The average Bonchev–Trinajstić information content (AvgIpc) is 2.70. The summed E-state index contributed by atoms with van der Waals surface area (Å²) < 4.78 is 10.5. The standard InChI is InChI=1S/C25H39NO5/c1-16-17(14-21(28)31-13-12-26(4)5)8-9-18-22(16)19(27)15-20-24(18,2)10-7-11-25(20,3)23(29)30-6/h14,16,18,20,22H,7-13,15H2,1-6H3/b17-14+. The topological polar surface area (TPSA) is 72.9 Å². The molecule has 3 rings (SSSR count). The number of hydrogen-bond acceptors (Lipinski definition) is 6. The van der Waals surface area contributed by atoms with Crippen LogP contribution in [0.4, 0.5) is 0 Å². The molecule has 0 spiro atoms. The lowest BCUT2D eigenvalue weighted by Crippen LogP contribution is -2.59. The molecule has 3 aliphatic carbocycles. The zero-order valence-electron chi connectivity index (χ0n) is 20.0. The first-order valence-electron chi connectivity index (χ1n) is 11.7. The van der Waals surface area contributed by atoms with E-state index in [0.29, 0.717) is 19.6 Å². The molecule has 6 atom stereocenters. The SMILES string of the molecule is COC(=O)C1(C)CCCC2(C)C3CC/C(=C\C(=O)OCCN(C)C)C(C)C3C(=O)CC12. The molecule has 3 fully saturated rings. The lowest BCUT2D eigenvalue weighted by Gasteiger charge is -2.60. The Kier molecular flexibility index (Phi) is 6.99. The van der Waals surface area contributed by atoms with Crippen LogP contribution in [-0.4, -0.2) is 57.0 Å². The third-order valence-corrected chi connectivity index (χ3v) is 8.64. The fraction of sp³-hybridized carbons (Fsp3) is 0.800. The molecule has 0 heterocycles. The zero-order chi connectivity index (χ0) is 23.0. The normalized spacial score (nSPS) is 39.1. The van der Waals surface area contributed by atoms with Crippen molar-refractivity contribution in [3.05, 3.63) is 11.6 Å². The van der Waals surface area contributed by atoms with Gasteiger partial charge in [0.15, 0.2) is 0 Å². The number of likely N-dealkylation sites (N-methyl/N-ethyl adjacent to an activating group) is 1. The van der Waals surface area contributed by atoms with Crippen molar-refractivity contribution in [1.29, 1.82) is 0 Å². The summed E-state index contributed by atoms with van der Waals surface area (Å²) in [6.07, 6.45) is 6.52. The lowest BCUT2D eigenvalue weighted by atomic mass is 9.43. The summed E-state index contributed by atoms with van der Waals surface area (Å²) in [4.78, 5) is 40.4. The molecule has 3 aliphatic rings. The second-order valence-electron chi connectivity index (χ2n) is 10.6. The van der Waals surface area contributed by atoms with Gasteiger partial charge in [-0.3, -0.25) is 9.59 Å². The van der Waals surface area contributed by atoms with Crippen LogP contribution < -0.4 is 0 Å². The van der Waals surface area contributed by atoms with Gasteiger partial charge in [0.05, 0.1) is 12.5 Å². The highest BCUT2D eigenvalue weighted by Gasteiger charge is 2.62. The third-order valence-electron chi connectivity index (χ3n) is 8.64. The second-order valence-corrected chi connectivity index (χ2v) is 10.6. The number of nitrogens with zero attached hydrogens (tertiary/aromatic N) is 1. The third kappa shape index (κ3) is 4.33. The highest BCUT2D eigenvalue weighted by Crippen LogP contribution is 2.64. The molecule has 31 heavy (non-hydrogen) atoms. The molecule has 3 saturated carbocycles. The second kappa shape index (κ2) is 9.05. The maximum absolute atomic E-state index is 13.4. The van der Waals surface area contributed by atoms with Crippen molar-refractivity contribution < 1.29 is 23.9 Å². The Bertz CT molecular complexity index is 759. The predicted molar refractivity (Wildman–Crippen MR) is 118 cm³/mol. The van der Waals surface area contributed by atoms with E-state index >= 15 is 0 Å². The van der Waals surface area contributed by atoms with Crippen LogP contribution in [0, 0.1) is 34.5 Å². The number of fused-ring (bicyclic) bond motifs is 3. The van der Waals surface area contributed by atoms with Gasteiger partial charge >= 0.3 is 11.9 Å². The summed E-state index contributed by atoms with van der Waals surface area (Å²) in [6.45, 7) is 7.42. The maximum Gasteiger partial charge on any atom is 0.330 e. The van der Waals surface area contributed by atoms with E-state index in [1.165, 1.54) is 7.11 Å². The minimum atomic E-state index is -0.599. The van der Waals surface area contributed by atoms with Gasteiger partial charge in [-0.15, -0.1) is 0 Å². The first-order valence-corrected chi connectivity index (χ1v) is 11.7. The largest absolute Gasteiger partial charge is 0.469 e. The van der Waals surface area contributed by atoms with Crippen LogP contribution >= 0.6 is 0 Å². The van der Waals surface area contributed by atoms with Crippen molar-refractivity contribution in [3.63, 3.8) is 0 Å². The van der Waals surface area contributed by atoms with E-state index in [-0.39, 0.29) is 46.8 Å². The molecule has 6 unspecified atom stereocenters. The van der Waals surface area contributed by atoms with E-state index < -0.39 is 5.41 Å². The van der Waals surface area contributed by atoms with Gasteiger partial charge in [0.25, 0.3) is 0 Å². The van der Waals surface area contributed by atoms with Crippen molar-refractivity contribution >= 4 is 17.7 Å². The number of carbonyl (C=O) groups excluding carboxylic acids is 3. The molecular formula is C25H39NO5. The highest BCUT2D eigenvalue weighted by molar-refractivity contribution is 5.87. The number of carbonyl (C=O) groups is 3. The molecule has 0 aromatic rings. The maximum atomic E-state index is 13.4. The Morgan fingerprint density at radius 2 is 1.94 bits per heavy atom. The van der Waals surface area contributed by atoms with Gasteiger partial charge in [0.2, 0.25) is 0 Å². The highest BCUT2D eigenvalue weighted by atomic mass is 16.5. The monoisotopic (exact) mass is 433 g/mol. The molecule has 0 amide bonds. The van der Waals surface area contributed by atoms with Gasteiger partial charge in [-0.1, -0.05) is 25.8 Å². The van der Waals surface area contributed by atoms with Crippen molar-refractivity contribution in [1.82, 2.24) is 4.90 Å². The van der Waals surface area contributed by atoms with Crippen LogP contribution in [0.5, 0.6) is 0 Å². The minimum absolute atomic E-state index is 0.0173. The van der Waals surface area contributed by atoms with Gasteiger partial charge in [0.1, 0.15) is 12.4 Å². The molecule has 0 aromatic heterocycles. The molecule has 0 aromatic carbocycles. The quantitative estimate of drug-likeness (QED) is 0.487. The smallest absolute Gasteiger partial charge is 0.330 e. The Morgan fingerprint density at radius 3 is 2.58 bits per heavy atom. The van der Waals surface area contributed by atoms with Crippen LogP contribution in [0.2, 0.25) is 0 Å². The van der Waals surface area contributed by atoms with E-state index in [2.05, 4.69) is 13.8 Å². The number of esters is 2. The number of rotatable bonds is 5. The summed E-state index contributed by atoms with van der Waals surface area (Å²) in [5, 5.41) is 0. The van der Waals surface area contributed by atoms with Gasteiger partial charge in [0, 0.05) is 25.0 Å². The number of allylic oxidation sites excluding steroid dienone is 1. The Hall–Kier alpha value is -1.69. The molecule has 0 radical (unpaired) electrons. The molecular weight excluding hydrogens is 394 g/mol. The Morgan fingerprint density at radius 1 is 1.23 bits per heavy atom. The van der Waals surface area contributed by atoms with Crippen molar-refractivity contribution in [2.24, 2.45) is 34.5 Å². The Balaban J connectivity index is 1.81. The zero-order valence-corrected chi connectivity index (χ0v) is 20.0. The first-order chi connectivity index (χ1) is 14.5. The summed E-state index contributed by atoms with van der Waals surface area (Å²) in [5.74, 6) is -0.0650. The number of ether oxygens (including phenoxy) is 2. The van der Waals surface area contributed by atoms with E-state index in [4.69, 9.17) is 9.47 Å². The molecule has 174 valence electrons. The van der Waals surface area contributed by atoms with E-state index in [9.17, 15) is 14.4 Å². The molecule has 0 bridgehead atoms. The number of hydrogen-bond donors (Lipinski definition) is 0. The van der Waals surface area contributed by atoms with Crippen LogP contribution in [0.25, 0.3) is 0 Å². The number of Topliss-reactive ketones (excluding diaryl/α,β-unsaturated/α-hetero) is 1. The van der Waals surface area contributed by atoms with Crippen LogP contribution in [0.15, 0.2) is 11.6 Å². The van der Waals surface area contributed by atoms with Crippen molar-refractivity contribution in [2.45, 2.75) is 59.3 Å². The fourth-order valence-corrected chi connectivity index (χ4v) is 6.91. The molecule has 0 saturated heterocycles. The average molecular weight is 434 g/mol. The number of methoxy groups -OCH3 is 1. The minimum Gasteiger partial charge on any atom is -0.469 e. The Labute approximate surface area is 186 Å². The van der Waals surface area contributed by atoms with Gasteiger partial charge in [-0.25, -0.2) is 4.79 Å². The van der Waals surface area contributed by atoms with Crippen LogP contribution in [0.1, 0.15) is 59.3 Å². The van der Waals surface area contributed by atoms with Crippen molar-refractivity contribution in [2.75, 3.05) is 34.4 Å². The predicted octanol–water partition coefficient (Wildman–Crippen LogP) is 3.64. The van der Waals surface area contributed by atoms with E-state index in [1.54, 1.807) is 6.08 Å². The summed E-state index contributed by atoms with van der Waals surface area (Å²) in [6, 6.07) is 0. The van der Waals surface area contributed by atoms with Crippen molar-refractivity contribution in [3.8, 4) is 0 Å². The molecule has 6 heteroatoms. The number of ketones is 1. The van der Waals surface area contributed by atoms with Crippen LogP contribution in [-0.2, 0) is 23.9 Å². The lowest BCUT2D eigenvalue weighted by molar-refractivity contribution is -0.178. The summed E-state index contributed by atoms with van der Waals surface area (Å²) >= 11 is 0.